The number of hydrogen-bond acceptors (Lipinski definition) is 5. The number of anilines is 1. The summed E-state index contributed by atoms with van der Waals surface area (Å²) in [5.41, 5.74) is 1.91. The van der Waals surface area contributed by atoms with Crippen molar-refractivity contribution < 1.29 is 23.9 Å². The van der Waals surface area contributed by atoms with Crippen LogP contribution in [0, 0.1) is 6.92 Å². The maximum Gasteiger partial charge on any atom is 0.306 e. The van der Waals surface area contributed by atoms with Crippen LogP contribution in [0.1, 0.15) is 28.8 Å². The van der Waals surface area contributed by atoms with Gasteiger partial charge < -0.3 is 14.8 Å². The van der Waals surface area contributed by atoms with E-state index < -0.39 is 18.5 Å². The van der Waals surface area contributed by atoms with Gasteiger partial charge in [0.1, 0.15) is 5.75 Å². The molecule has 6 nitrogen and oxygen atoms in total. The fourth-order valence-electron chi connectivity index (χ4n) is 2.32. The average molecular weight is 390 g/mol. The third kappa shape index (κ3) is 6.42. The topological polar surface area (TPSA) is 81.7 Å². The molecule has 0 unspecified atom stereocenters. The summed E-state index contributed by atoms with van der Waals surface area (Å²) in [6.07, 6.45) is -0.115. The molecule has 0 aromatic heterocycles. The molecule has 0 aliphatic heterocycles. The van der Waals surface area contributed by atoms with Crippen molar-refractivity contribution in [2.75, 3.05) is 19.0 Å². The Morgan fingerprint density at radius 2 is 1.74 bits per heavy atom. The van der Waals surface area contributed by atoms with Gasteiger partial charge in [-0.05, 0) is 48.9 Å². The number of carbonyl (C=O) groups is 3. The number of amides is 1. The highest BCUT2D eigenvalue weighted by Gasteiger charge is 2.13. The Hall–Kier alpha value is -2.86. The Morgan fingerprint density at radius 3 is 2.41 bits per heavy atom. The molecule has 0 atom stereocenters. The number of ketones is 1. The first-order chi connectivity index (χ1) is 12.9. The number of ether oxygens (including phenoxy) is 2. The highest BCUT2D eigenvalue weighted by Crippen LogP contribution is 2.25. The zero-order valence-electron chi connectivity index (χ0n) is 15.1. The van der Waals surface area contributed by atoms with E-state index in [0.717, 1.165) is 5.56 Å². The number of esters is 1. The molecule has 0 saturated carbocycles. The molecule has 0 heterocycles. The third-order valence-electron chi connectivity index (χ3n) is 3.72. The average Bonchev–Trinajstić information content (AvgIpc) is 2.65. The van der Waals surface area contributed by atoms with Crippen molar-refractivity contribution in [1.29, 1.82) is 0 Å². The van der Waals surface area contributed by atoms with Gasteiger partial charge in [0, 0.05) is 17.0 Å². The number of Topliss-reactive ketones (excluding diaryl/α,β-unsaturated/α-hetero) is 1. The number of benzene rings is 2. The standard InChI is InChI=1S/C20H20ClNO5/c1-13-3-9-18(26-2)16(11-13)22-19(24)12-27-20(25)10-8-17(23)14-4-6-15(21)7-5-14/h3-7,9,11H,8,10,12H2,1-2H3,(H,22,24). The van der Waals surface area contributed by atoms with Gasteiger partial charge in [0.05, 0.1) is 19.2 Å². The summed E-state index contributed by atoms with van der Waals surface area (Å²) in [6.45, 7) is 1.44. The van der Waals surface area contributed by atoms with Crippen LogP contribution >= 0.6 is 11.6 Å². The molecule has 27 heavy (non-hydrogen) atoms. The number of carbonyl (C=O) groups excluding carboxylic acids is 3. The molecule has 1 N–H and O–H groups in total. The summed E-state index contributed by atoms with van der Waals surface area (Å²) < 4.78 is 10.1. The van der Waals surface area contributed by atoms with Crippen molar-refractivity contribution in [2.24, 2.45) is 0 Å². The second-order valence-corrected chi connectivity index (χ2v) is 6.28. The second kappa shape index (κ2) is 9.73. The van der Waals surface area contributed by atoms with Crippen LogP contribution in [0.4, 0.5) is 5.69 Å². The third-order valence-corrected chi connectivity index (χ3v) is 3.97. The van der Waals surface area contributed by atoms with E-state index in [2.05, 4.69) is 5.32 Å². The van der Waals surface area contributed by atoms with Gasteiger partial charge in [0.2, 0.25) is 0 Å². The molecule has 0 radical (unpaired) electrons. The summed E-state index contributed by atoms with van der Waals surface area (Å²) in [5, 5.41) is 3.16. The van der Waals surface area contributed by atoms with Crippen LogP contribution in [-0.2, 0) is 14.3 Å². The Labute approximate surface area is 162 Å². The van der Waals surface area contributed by atoms with E-state index in [9.17, 15) is 14.4 Å². The van der Waals surface area contributed by atoms with E-state index in [1.807, 2.05) is 13.0 Å². The van der Waals surface area contributed by atoms with Gasteiger partial charge in [-0.25, -0.2) is 0 Å². The van der Waals surface area contributed by atoms with Gasteiger partial charge in [-0.2, -0.15) is 0 Å². The first-order valence-corrected chi connectivity index (χ1v) is 8.65. The Kier molecular flexibility index (Phi) is 7.37. The predicted molar refractivity (Wildman–Crippen MR) is 102 cm³/mol. The molecular formula is C20H20ClNO5. The van der Waals surface area contributed by atoms with Crippen LogP contribution < -0.4 is 10.1 Å². The largest absolute Gasteiger partial charge is 0.495 e. The number of aryl methyl sites for hydroxylation is 1. The van der Waals surface area contributed by atoms with Crippen LogP contribution in [-0.4, -0.2) is 31.4 Å². The highest BCUT2D eigenvalue weighted by molar-refractivity contribution is 6.30. The monoisotopic (exact) mass is 389 g/mol. The lowest BCUT2D eigenvalue weighted by Gasteiger charge is -2.11. The molecule has 0 bridgehead atoms. The van der Waals surface area contributed by atoms with Crippen LogP contribution in [0.3, 0.4) is 0 Å². The van der Waals surface area contributed by atoms with E-state index in [4.69, 9.17) is 21.1 Å². The molecule has 0 fully saturated rings. The number of hydrogen-bond donors (Lipinski definition) is 1. The number of halogens is 1. The molecule has 0 aliphatic rings. The van der Waals surface area contributed by atoms with E-state index in [-0.39, 0.29) is 18.6 Å². The lowest BCUT2D eigenvalue weighted by atomic mass is 10.1. The molecule has 2 aromatic carbocycles. The first kappa shape index (κ1) is 20.5. The molecular weight excluding hydrogens is 370 g/mol. The molecule has 142 valence electrons. The van der Waals surface area contributed by atoms with Crippen LogP contribution in [0.25, 0.3) is 0 Å². The van der Waals surface area contributed by atoms with E-state index >= 15 is 0 Å². The fraction of sp³-hybridized carbons (Fsp3) is 0.250. The van der Waals surface area contributed by atoms with Crippen molar-refractivity contribution in [3.63, 3.8) is 0 Å². The molecule has 0 saturated heterocycles. The van der Waals surface area contributed by atoms with Gasteiger partial charge in [0.15, 0.2) is 12.4 Å². The van der Waals surface area contributed by atoms with Crippen LogP contribution in [0.5, 0.6) is 5.75 Å². The minimum absolute atomic E-state index is 0.00616. The lowest BCUT2D eigenvalue weighted by Crippen LogP contribution is -2.21. The van der Waals surface area contributed by atoms with Crippen LogP contribution in [0.2, 0.25) is 5.02 Å². The van der Waals surface area contributed by atoms with Gasteiger partial charge in [-0.3, -0.25) is 14.4 Å². The van der Waals surface area contributed by atoms with Gasteiger partial charge in [0.25, 0.3) is 5.91 Å². The zero-order chi connectivity index (χ0) is 19.8. The maximum absolute atomic E-state index is 12.0. The Bertz CT molecular complexity index is 833. The molecule has 7 heteroatoms. The second-order valence-electron chi connectivity index (χ2n) is 5.84. The molecule has 0 aliphatic carbocycles. The van der Waals surface area contributed by atoms with Gasteiger partial charge in [-0.1, -0.05) is 17.7 Å². The van der Waals surface area contributed by atoms with Crippen LogP contribution in [0.15, 0.2) is 42.5 Å². The Morgan fingerprint density at radius 1 is 1.04 bits per heavy atom. The minimum Gasteiger partial charge on any atom is -0.495 e. The van der Waals surface area contributed by atoms with Crippen molar-refractivity contribution in [1.82, 2.24) is 0 Å². The van der Waals surface area contributed by atoms with E-state index in [0.29, 0.717) is 22.0 Å². The summed E-state index contributed by atoms with van der Waals surface area (Å²) >= 11 is 5.77. The predicted octanol–water partition coefficient (Wildman–Crippen LogP) is 3.80. The normalized spacial score (nSPS) is 10.2. The first-order valence-electron chi connectivity index (χ1n) is 8.28. The molecule has 2 rings (SSSR count). The maximum atomic E-state index is 12.0. The highest BCUT2D eigenvalue weighted by atomic mass is 35.5. The smallest absolute Gasteiger partial charge is 0.306 e. The van der Waals surface area contributed by atoms with Crippen molar-refractivity contribution >= 4 is 34.9 Å². The van der Waals surface area contributed by atoms with E-state index in [1.54, 1.807) is 36.4 Å². The quantitative estimate of drug-likeness (QED) is 0.548. The number of methoxy groups -OCH3 is 1. The van der Waals surface area contributed by atoms with Crippen molar-refractivity contribution in [3.05, 3.63) is 58.6 Å². The fourth-order valence-corrected chi connectivity index (χ4v) is 2.45. The number of rotatable bonds is 8. The summed E-state index contributed by atoms with van der Waals surface area (Å²) in [4.78, 5) is 35.7. The minimum atomic E-state index is -0.622. The van der Waals surface area contributed by atoms with Crippen molar-refractivity contribution in [2.45, 2.75) is 19.8 Å². The molecule has 1 amide bonds. The Balaban J connectivity index is 1.78. The SMILES string of the molecule is COc1ccc(C)cc1NC(=O)COC(=O)CCC(=O)c1ccc(Cl)cc1. The summed E-state index contributed by atoms with van der Waals surface area (Å²) in [6, 6.07) is 11.8. The summed E-state index contributed by atoms with van der Waals surface area (Å²) in [5.74, 6) is -0.800. The van der Waals surface area contributed by atoms with Gasteiger partial charge in [-0.15, -0.1) is 0 Å². The zero-order valence-corrected chi connectivity index (χ0v) is 15.8. The van der Waals surface area contributed by atoms with E-state index in [1.165, 1.54) is 7.11 Å². The molecule has 0 spiro atoms. The lowest BCUT2D eigenvalue weighted by molar-refractivity contribution is -0.147. The van der Waals surface area contributed by atoms with Crippen molar-refractivity contribution in [3.8, 4) is 5.75 Å². The molecule has 2 aromatic rings. The summed E-state index contributed by atoms with van der Waals surface area (Å²) in [7, 11) is 1.50. The van der Waals surface area contributed by atoms with Gasteiger partial charge >= 0.3 is 5.97 Å². The number of nitrogens with one attached hydrogen (secondary N) is 1.